The predicted octanol–water partition coefficient (Wildman–Crippen LogP) is 3.37. The fourth-order valence-corrected chi connectivity index (χ4v) is 4.30. The van der Waals surface area contributed by atoms with Crippen LogP contribution in [0.3, 0.4) is 0 Å². The standard InChI is InChI=1S/C27H28N6O3/c1-35-22-12-11-21(18-23(22)36-2)26-29-27(20-8-4-3-5-9-20)33(30-26)19-25(34)32-16-14-31(15-17-32)24-10-6-7-13-28-24/h3-13,18H,14-17,19H2,1-2H3. The summed E-state index contributed by atoms with van der Waals surface area (Å²) in [5.74, 6) is 3.32. The summed E-state index contributed by atoms with van der Waals surface area (Å²) in [5.41, 5.74) is 1.67. The summed E-state index contributed by atoms with van der Waals surface area (Å²) in [6, 6.07) is 21.2. The van der Waals surface area contributed by atoms with E-state index in [-0.39, 0.29) is 12.5 Å². The van der Waals surface area contributed by atoms with Crippen molar-refractivity contribution in [1.82, 2.24) is 24.6 Å². The minimum absolute atomic E-state index is 0.0108. The Bertz CT molecular complexity index is 1320. The van der Waals surface area contributed by atoms with E-state index in [2.05, 4.69) is 9.88 Å². The van der Waals surface area contributed by atoms with Gasteiger partial charge in [0.2, 0.25) is 5.91 Å². The second-order valence-electron chi connectivity index (χ2n) is 8.41. The largest absolute Gasteiger partial charge is 0.493 e. The molecule has 0 N–H and O–H groups in total. The maximum Gasteiger partial charge on any atom is 0.244 e. The molecule has 2 aromatic carbocycles. The van der Waals surface area contributed by atoms with E-state index < -0.39 is 0 Å². The predicted molar refractivity (Wildman–Crippen MR) is 137 cm³/mol. The molecule has 0 radical (unpaired) electrons. The summed E-state index contributed by atoms with van der Waals surface area (Å²) in [6.07, 6.45) is 1.79. The quantitative estimate of drug-likeness (QED) is 0.398. The lowest BCUT2D eigenvalue weighted by molar-refractivity contribution is -0.132. The van der Waals surface area contributed by atoms with Crippen LogP contribution in [0.25, 0.3) is 22.8 Å². The van der Waals surface area contributed by atoms with Gasteiger partial charge in [0.25, 0.3) is 0 Å². The lowest BCUT2D eigenvalue weighted by atomic mass is 10.2. The van der Waals surface area contributed by atoms with Crippen LogP contribution in [-0.4, -0.2) is 71.0 Å². The van der Waals surface area contributed by atoms with Gasteiger partial charge < -0.3 is 19.3 Å². The van der Waals surface area contributed by atoms with Crippen LogP contribution in [0.1, 0.15) is 0 Å². The SMILES string of the molecule is COc1ccc(-c2nc(-c3ccccc3)n(CC(=O)N3CCN(c4ccccn4)CC3)n2)cc1OC. The lowest BCUT2D eigenvalue weighted by Gasteiger charge is -2.35. The maximum atomic E-state index is 13.3. The van der Waals surface area contributed by atoms with Crippen molar-refractivity contribution in [3.8, 4) is 34.3 Å². The van der Waals surface area contributed by atoms with Gasteiger partial charge in [-0.05, 0) is 30.3 Å². The highest BCUT2D eigenvalue weighted by Gasteiger charge is 2.24. The zero-order valence-corrected chi connectivity index (χ0v) is 20.4. The van der Waals surface area contributed by atoms with Crippen molar-refractivity contribution in [3.05, 3.63) is 72.9 Å². The van der Waals surface area contributed by atoms with Gasteiger partial charge in [0.05, 0.1) is 14.2 Å². The van der Waals surface area contributed by atoms with Crippen LogP contribution in [0, 0.1) is 0 Å². The summed E-state index contributed by atoms with van der Waals surface area (Å²) in [7, 11) is 3.19. The van der Waals surface area contributed by atoms with E-state index >= 15 is 0 Å². The summed E-state index contributed by atoms with van der Waals surface area (Å²) in [4.78, 5) is 26.6. The smallest absolute Gasteiger partial charge is 0.244 e. The van der Waals surface area contributed by atoms with E-state index in [4.69, 9.17) is 19.6 Å². The number of carbonyl (C=O) groups is 1. The lowest BCUT2D eigenvalue weighted by Crippen LogP contribution is -2.49. The van der Waals surface area contributed by atoms with E-state index in [0.717, 1.165) is 30.0 Å². The van der Waals surface area contributed by atoms with Gasteiger partial charge in [0, 0.05) is 43.5 Å². The topological polar surface area (TPSA) is 85.6 Å². The number of piperazine rings is 1. The van der Waals surface area contributed by atoms with Crippen LogP contribution in [0.15, 0.2) is 72.9 Å². The highest BCUT2D eigenvalue weighted by atomic mass is 16.5. The first-order valence-electron chi connectivity index (χ1n) is 11.8. The van der Waals surface area contributed by atoms with Crippen molar-refractivity contribution >= 4 is 11.7 Å². The van der Waals surface area contributed by atoms with Gasteiger partial charge in [-0.25, -0.2) is 14.6 Å². The number of nitrogens with zero attached hydrogens (tertiary/aromatic N) is 6. The van der Waals surface area contributed by atoms with Crippen LogP contribution in [0.2, 0.25) is 0 Å². The molecule has 1 aliphatic heterocycles. The van der Waals surface area contributed by atoms with Crippen LogP contribution in [0.4, 0.5) is 5.82 Å². The van der Waals surface area contributed by atoms with Gasteiger partial charge in [-0.15, -0.1) is 5.10 Å². The molecule has 3 heterocycles. The molecule has 0 unspecified atom stereocenters. The Hall–Kier alpha value is -4.40. The van der Waals surface area contributed by atoms with Crippen LogP contribution < -0.4 is 14.4 Å². The summed E-state index contributed by atoms with van der Waals surface area (Å²) >= 11 is 0. The van der Waals surface area contributed by atoms with Gasteiger partial charge in [-0.3, -0.25) is 4.79 Å². The van der Waals surface area contributed by atoms with Crippen molar-refractivity contribution in [2.24, 2.45) is 0 Å². The van der Waals surface area contributed by atoms with Crippen molar-refractivity contribution in [2.45, 2.75) is 6.54 Å². The Labute approximate surface area is 209 Å². The van der Waals surface area contributed by atoms with Gasteiger partial charge in [0.1, 0.15) is 12.4 Å². The van der Waals surface area contributed by atoms with Crippen LogP contribution in [0.5, 0.6) is 11.5 Å². The van der Waals surface area contributed by atoms with Crippen molar-refractivity contribution in [3.63, 3.8) is 0 Å². The minimum atomic E-state index is 0.0108. The number of rotatable bonds is 7. The fourth-order valence-electron chi connectivity index (χ4n) is 4.30. The summed E-state index contributed by atoms with van der Waals surface area (Å²) in [5, 5.41) is 4.73. The molecule has 0 atom stereocenters. The Morgan fingerprint density at radius 3 is 2.31 bits per heavy atom. The molecule has 1 fully saturated rings. The molecule has 9 nitrogen and oxygen atoms in total. The van der Waals surface area contributed by atoms with Crippen LogP contribution in [-0.2, 0) is 11.3 Å². The molecular formula is C27H28N6O3. The Morgan fingerprint density at radius 2 is 1.61 bits per heavy atom. The van der Waals surface area contributed by atoms with Gasteiger partial charge in [-0.2, -0.15) is 0 Å². The number of aromatic nitrogens is 4. The molecule has 0 aliphatic carbocycles. The number of amides is 1. The average molecular weight is 485 g/mol. The Morgan fingerprint density at radius 1 is 0.861 bits per heavy atom. The zero-order valence-electron chi connectivity index (χ0n) is 20.4. The zero-order chi connectivity index (χ0) is 24.9. The van der Waals surface area contributed by atoms with Crippen molar-refractivity contribution < 1.29 is 14.3 Å². The number of pyridine rings is 1. The van der Waals surface area contributed by atoms with E-state index in [1.165, 1.54) is 0 Å². The first-order chi connectivity index (χ1) is 17.7. The highest BCUT2D eigenvalue weighted by molar-refractivity contribution is 5.77. The average Bonchev–Trinajstić information content (AvgIpc) is 3.37. The van der Waals surface area contributed by atoms with Crippen molar-refractivity contribution in [2.75, 3.05) is 45.3 Å². The molecule has 36 heavy (non-hydrogen) atoms. The number of hydrogen-bond acceptors (Lipinski definition) is 7. The van der Waals surface area contributed by atoms with Crippen LogP contribution >= 0.6 is 0 Å². The molecule has 5 rings (SSSR count). The second-order valence-corrected chi connectivity index (χ2v) is 8.41. The Kier molecular flexibility index (Phi) is 6.79. The Balaban J connectivity index is 1.38. The number of carbonyl (C=O) groups excluding carboxylic acids is 1. The summed E-state index contributed by atoms with van der Waals surface area (Å²) in [6.45, 7) is 2.85. The number of hydrogen-bond donors (Lipinski definition) is 0. The van der Waals surface area contributed by atoms with E-state index in [0.29, 0.717) is 36.2 Å². The normalized spacial score (nSPS) is 13.5. The summed E-state index contributed by atoms with van der Waals surface area (Å²) < 4.78 is 12.5. The minimum Gasteiger partial charge on any atom is -0.493 e. The van der Waals surface area contributed by atoms with Gasteiger partial charge >= 0.3 is 0 Å². The third kappa shape index (κ3) is 4.86. The molecule has 184 valence electrons. The van der Waals surface area contributed by atoms with Gasteiger partial charge in [-0.1, -0.05) is 36.4 Å². The number of benzene rings is 2. The molecule has 1 saturated heterocycles. The maximum absolute atomic E-state index is 13.3. The van der Waals surface area contributed by atoms with Gasteiger partial charge in [0.15, 0.2) is 23.1 Å². The highest BCUT2D eigenvalue weighted by Crippen LogP contribution is 2.32. The molecule has 0 bridgehead atoms. The number of ether oxygens (including phenoxy) is 2. The van der Waals surface area contributed by atoms with E-state index in [9.17, 15) is 4.79 Å². The van der Waals surface area contributed by atoms with E-state index in [1.807, 2.05) is 71.6 Å². The molecular weight excluding hydrogens is 456 g/mol. The third-order valence-electron chi connectivity index (χ3n) is 6.24. The third-order valence-corrected chi connectivity index (χ3v) is 6.24. The molecule has 4 aromatic rings. The van der Waals surface area contributed by atoms with Crippen molar-refractivity contribution in [1.29, 1.82) is 0 Å². The van der Waals surface area contributed by atoms with E-state index in [1.54, 1.807) is 25.1 Å². The molecule has 1 aliphatic rings. The first kappa shape index (κ1) is 23.3. The molecule has 0 spiro atoms. The molecule has 9 heteroatoms. The monoisotopic (exact) mass is 484 g/mol. The number of anilines is 1. The second kappa shape index (κ2) is 10.5. The molecule has 0 saturated carbocycles. The molecule has 2 aromatic heterocycles. The fraction of sp³-hybridized carbons (Fsp3) is 0.259. The molecule has 1 amide bonds. The first-order valence-corrected chi connectivity index (χ1v) is 11.8. The number of methoxy groups -OCH3 is 2.